The van der Waals surface area contributed by atoms with Crippen LogP contribution in [0.4, 0.5) is 5.13 Å². The average Bonchev–Trinajstić information content (AvgIpc) is 3.10. The van der Waals surface area contributed by atoms with Crippen molar-refractivity contribution in [1.82, 2.24) is 14.8 Å². The van der Waals surface area contributed by atoms with E-state index in [1.807, 2.05) is 17.5 Å². The summed E-state index contributed by atoms with van der Waals surface area (Å²) in [4.78, 5) is 13.4. The number of thiazole rings is 1. The van der Waals surface area contributed by atoms with Crippen LogP contribution in [0.25, 0.3) is 0 Å². The third kappa shape index (κ3) is 4.03. The summed E-state index contributed by atoms with van der Waals surface area (Å²) in [6.45, 7) is 8.86. The van der Waals surface area contributed by atoms with Crippen molar-refractivity contribution in [2.24, 2.45) is 0 Å². The Balaban J connectivity index is 1.46. The van der Waals surface area contributed by atoms with Crippen molar-refractivity contribution in [3.8, 4) is 0 Å². The molecular weight excluding hydrogens is 300 g/mol. The van der Waals surface area contributed by atoms with E-state index in [2.05, 4.69) is 33.8 Å². The summed E-state index contributed by atoms with van der Waals surface area (Å²) in [5.41, 5.74) is 5.69. The normalized spacial score (nSPS) is 17.4. The topological polar surface area (TPSA) is 45.4 Å². The molecule has 1 aliphatic heterocycles. The molecule has 4 nitrogen and oxygen atoms in total. The fourth-order valence-corrected chi connectivity index (χ4v) is 4.37. The van der Waals surface area contributed by atoms with Gasteiger partial charge in [0.2, 0.25) is 0 Å². The van der Waals surface area contributed by atoms with E-state index in [-0.39, 0.29) is 0 Å². The molecule has 2 aromatic heterocycles. The van der Waals surface area contributed by atoms with Crippen molar-refractivity contribution in [2.45, 2.75) is 26.4 Å². The number of aromatic nitrogens is 1. The van der Waals surface area contributed by atoms with Crippen molar-refractivity contribution in [2.75, 3.05) is 31.9 Å². The number of thiophene rings is 1. The van der Waals surface area contributed by atoms with Crippen LogP contribution in [0.5, 0.6) is 0 Å². The molecule has 0 aromatic carbocycles. The minimum absolute atomic E-state index is 0.674. The second kappa shape index (κ2) is 6.87. The zero-order valence-corrected chi connectivity index (χ0v) is 14.1. The minimum atomic E-state index is 0.674. The van der Waals surface area contributed by atoms with Crippen LogP contribution in [0.2, 0.25) is 0 Å². The van der Waals surface area contributed by atoms with Gasteiger partial charge in [0.15, 0.2) is 5.13 Å². The van der Waals surface area contributed by atoms with E-state index in [0.717, 1.165) is 45.7 Å². The zero-order valence-electron chi connectivity index (χ0n) is 12.4. The van der Waals surface area contributed by atoms with Crippen LogP contribution in [-0.4, -0.2) is 41.0 Å². The second-order valence-electron chi connectivity index (χ2n) is 5.44. The van der Waals surface area contributed by atoms with Crippen LogP contribution in [0.15, 0.2) is 18.3 Å². The molecule has 0 unspecified atom stereocenters. The first kappa shape index (κ1) is 15.0. The Kier molecular flexibility index (Phi) is 4.90. The Morgan fingerprint density at radius 1 is 1.00 bits per heavy atom. The van der Waals surface area contributed by atoms with Crippen molar-refractivity contribution in [1.29, 1.82) is 0 Å². The molecule has 0 spiro atoms. The predicted molar refractivity (Wildman–Crippen MR) is 90.8 cm³/mol. The van der Waals surface area contributed by atoms with Gasteiger partial charge in [0.05, 0.1) is 0 Å². The molecule has 3 rings (SSSR count). The van der Waals surface area contributed by atoms with Crippen LogP contribution in [0.1, 0.15) is 21.6 Å². The maximum atomic E-state index is 5.69. The third-order valence-corrected chi connectivity index (χ3v) is 5.89. The third-order valence-electron chi connectivity index (χ3n) is 3.86. The molecule has 21 heavy (non-hydrogen) atoms. The molecule has 2 aromatic rings. The van der Waals surface area contributed by atoms with Crippen LogP contribution < -0.4 is 5.73 Å². The smallest absolute Gasteiger partial charge is 0.180 e. The molecule has 0 amide bonds. The van der Waals surface area contributed by atoms with Crippen LogP contribution >= 0.6 is 22.7 Å². The number of hydrogen-bond donors (Lipinski definition) is 1. The minimum Gasteiger partial charge on any atom is -0.375 e. The Labute approximate surface area is 134 Å². The Morgan fingerprint density at radius 3 is 2.14 bits per heavy atom. The zero-order chi connectivity index (χ0) is 14.7. The Hall–Kier alpha value is -0.950. The summed E-state index contributed by atoms with van der Waals surface area (Å²) in [5.74, 6) is 0. The van der Waals surface area contributed by atoms with Crippen molar-refractivity contribution in [3.63, 3.8) is 0 Å². The van der Waals surface area contributed by atoms with Crippen molar-refractivity contribution in [3.05, 3.63) is 33.0 Å². The highest BCUT2D eigenvalue weighted by atomic mass is 32.1. The lowest BCUT2D eigenvalue weighted by Crippen LogP contribution is -2.45. The molecule has 0 atom stereocenters. The first-order valence-corrected chi connectivity index (χ1v) is 9.08. The molecule has 0 aliphatic carbocycles. The van der Waals surface area contributed by atoms with Gasteiger partial charge in [-0.3, -0.25) is 9.80 Å². The standard InChI is InChI=1S/C15H22N4S2/c1-2-12-3-4-13(20-12)10-18-5-7-19(8-6-18)11-14-9-17-15(16)21-14/h3-4,9H,2,5-8,10-11H2,1H3,(H2,16,17). The van der Waals surface area contributed by atoms with E-state index in [1.54, 1.807) is 11.3 Å². The van der Waals surface area contributed by atoms with Gasteiger partial charge < -0.3 is 5.73 Å². The second-order valence-corrected chi connectivity index (χ2v) is 7.84. The Bertz CT molecular complexity index is 570. The molecule has 0 bridgehead atoms. The fraction of sp³-hybridized carbons (Fsp3) is 0.533. The van der Waals surface area contributed by atoms with Crippen LogP contribution in [0.3, 0.4) is 0 Å². The van der Waals surface area contributed by atoms with E-state index in [1.165, 1.54) is 14.6 Å². The summed E-state index contributed by atoms with van der Waals surface area (Å²) in [7, 11) is 0. The molecule has 1 aliphatic rings. The summed E-state index contributed by atoms with van der Waals surface area (Å²) in [6.07, 6.45) is 3.06. The number of nitrogens with zero attached hydrogens (tertiary/aromatic N) is 3. The molecule has 114 valence electrons. The first-order valence-electron chi connectivity index (χ1n) is 7.45. The summed E-state index contributed by atoms with van der Waals surface area (Å²) in [6, 6.07) is 4.56. The molecular formula is C15H22N4S2. The Morgan fingerprint density at radius 2 is 1.62 bits per heavy atom. The molecule has 1 saturated heterocycles. The summed E-state index contributed by atoms with van der Waals surface area (Å²) >= 11 is 3.56. The lowest BCUT2D eigenvalue weighted by molar-refractivity contribution is 0.123. The van der Waals surface area contributed by atoms with Gasteiger partial charge in [-0.1, -0.05) is 6.92 Å². The number of nitrogen functional groups attached to an aromatic ring is 1. The lowest BCUT2D eigenvalue weighted by atomic mass is 10.3. The van der Waals surface area contributed by atoms with E-state index >= 15 is 0 Å². The number of rotatable bonds is 5. The van der Waals surface area contributed by atoms with Gasteiger partial charge in [-0.2, -0.15) is 0 Å². The van der Waals surface area contributed by atoms with Gasteiger partial charge >= 0.3 is 0 Å². The molecule has 0 saturated carbocycles. The maximum Gasteiger partial charge on any atom is 0.180 e. The van der Waals surface area contributed by atoms with Gasteiger partial charge in [0, 0.05) is 60.1 Å². The number of anilines is 1. The monoisotopic (exact) mass is 322 g/mol. The lowest BCUT2D eigenvalue weighted by Gasteiger charge is -2.34. The number of nitrogens with two attached hydrogens (primary N) is 1. The van der Waals surface area contributed by atoms with Gasteiger partial charge in [-0.15, -0.1) is 22.7 Å². The van der Waals surface area contributed by atoms with Crippen molar-refractivity contribution >= 4 is 27.8 Å². The average molecular weight is 323 g/mol. The molecule has 1 fully saturated rings. The predicted octanol–water partition coefficient (Wildman–Crippen LogP) is 2.67. The fourth-order valence-electron chi connectivity index (χ4n) is 2.64. The molecule has 2 N–H and O–H groups in total. The highest BCUT2D eigenvalue weighted by Crippen LogP contribution is 2.21. The summed E-state index contributed by atoms with van der Waals surface area (Å²) < 4.78 is 0. The van der Waals surface area contributed by atoms with E-state index < -0.39 is 0 Å². The van der Waals surface area contributed by atoms with Crippen LogP contribution in [0, 0.1) is 0 Å². The number of aryl methyl sites for hydroxylation is 1. The highest BCUT2D eigenvalue weighted by molar-refractivity contribution is 7.15. The SMILES string of the molecule is CCc1ccc(CN2CCN(Cc3cnc(N)s3)CC2)s1. The van der Waals surface area contributed by atoms with Crippen molar-refractivity contribution < 1.29 is 0 Å². The summed E-state index contributed by atoms with van der Waals surface area (Å²) in [5, 5.41) is 0.674. The van der Waals surface area contributed by atoms with Crippen LogP contribution in [-0.2, 0) is 19.5 Å². The first-order chi connectivity index (χ1) is 10.2. The van der Waals surface area contributed by atoms with Gasteiger partial charge in [-0.05, 0) is 18.6 Å². The van der Waals surface area contributed by atoms with Gasteiger partial charge in [0.25, 0.3) is 0 Å². The van der Waals surface area contributed by atoms with Gasteiger partial charge in [-0.25, -0.2) is 4.98 Å². The van der Waals surface area contributed by atoms with Gasteiger partial charge in [0.1, 0.15) is 0 Å². The molecule has 6 heteroatoms. The maximum absolute atomic E-state index is 5.69. The molecule has 3 heterocycles. The number of piperazine rings is 1. The largest absolute Gasteiger partial charge is 0.375 e. The number of hydrogen-bond acceptors (Lipinski definition) is 6. The highest BCUT2D eigenvalue weighted by Gasteiger charge is 2.18. The quantitative estimate of drug-likeness (QED) is 0.919. The van der Waals surface area contributed by atoms with E-state index in [0.29, 0.717) is 5.13 Å². The van der Waals surface area contributed by atoms with E-state index in [4.69, 9.17) is 5.73 Å². The molecule has 0 radical (unpaired) electrons. The van der Waals surface area contributed by atoms with E-state index in [9.17, 15) is 0 Å².